The van der Waals surface area contributed by atoms with Crippen LogP contribution in [-0.4, -0.2) is 16.2 Å². The highest BCUT2D eigenvalue weighted by molar-refractivity contribution is 5.97. The molecule has 15 heavy (non-hydrogen) atoms. The Hall–Kier alpha value is -2.04. The third-order valence-corrected chi connectivity index (χ3v) is 2.20. The lowest BCUT2D eigenvalue weighted by Gasteiger charge is -1.94. The number of aromatic hydroxyl groups is 1. The Labute approximate surface area is 83.6 Å². The molecule has 5 heteroatoms. The fourth-order valence-corrected chi connectivity index (χ4v) is 1.51. The molecule has 0 saturated heterocycles. The third kappa shape index (κ3) is 1.24. The zero-order chi connectivity index (χ0) is 11.2. The number of carbonyl (C=O) groups is 1. The third-order valence-electron chi connectivity index (χ3n) is 2.20. The lowest BCUT2D eigenvalue weighted by Crippen LogP contribution is -1.95. The van der Waals surface area contributed by atoms with Gasteiger partial charge >= 0.3 is 5.97 Å². The molecule has 1 aromatic carbocycles. The molecule has 2 N–H and O–H groups in total. The smallest absolute Gasteiger partial charge is 0.372 e. The number of phenols is 1. The summed E-state index contributed by atoms with van der Waals surface area (Å²) >= 11 is 0. The molecule has 2 rings (SSSR count). The van der Waals surface area contributed by atoms with Gasteiger partial charge in [-0.1, -0.05) is 0 Å². The first-order valence-electron chi connectivity index (χ1n) is 4.16. The average molecular weight is 210 g/mol. The van der Waals surface area contributed by atoms with Gasteiger partial charge in [0.15, 0.2) is 11.4 Å². The van der Waals surface area contributed by atoms with Crippen LogP contribution < -0.4 is 0 Å². The Balaban J connectivity index is 2.93. The molecule has 0 aliphatic carbocycles. The second-order valence-electron chi connectivity index (χ2n) is 3.13. The minimum Gasteiger partial charge on any atom is -0.507 e. The maximum Gasteiger partial charge on any atom is 0.372 e. The molecule has 0 aliphatic heterocycles. The molecule has 0 spiro atoms. The summed E-state index contributed by atoms with van der Waals surface area (Å²) in [6, 6.07) is 2.18. The summed E-state index contributed by atoms with van der Waals surface area (Å²) in [5.74, 6) is -2.54. The number of carboxylic acids is 1. The summed E-state index contributed by atoms with van der Waals surface area (Å²) in [6.45, 7) is 1.45. The normalized spacial score (nSPS) is 10.8. The minimum atomic E-state index is -1.29. The van der Waals surface area contributed by atoms with Gasteiger partial charge in [0.2, 0.25) is 5.76 Å². The number of hydrogen-bond donors (Lipinski definition) is 2. The summed E-state index contributed by atoms with van der Waals surface area (Å²) < 4.78 is 18.1. The standard InChI is InChI=1S/C10H7FO4/c1-4-7-6(12)3-2-5(11)9(7)15-8(4)10(13)14/h2-3,12H,1H3,(H,13,14). The summed E-state index contributed by atoms with van der Waals surface area (Å²) in [4.78, 5) is 10.7. The van der Waals surface area contributed by atoms with Gasteiger partial charge in [-0.2, -0.15) is 0 Å². The number of carboxylic acid groups (broad SMARTS) is 1. The first-order chi connectivity index (χ1) is 7.02. The van der Waals surface area contributed by atoms with Crippen LogP contribution in [0.15, 0.2) is 16.5 Å². The largest absolute Gasteiger partial charge is 0.507 e. The maximum absolute atomic E-state index is 13.2. The highest BCUT2D eigenvalue weighted by Gasteiger charge is 2.21. The summed E-state index contributed by atoms with van der Waals surface area (Å²) in [5.41, 5.74) is -0.0144. The summed E-state index contributed by atoms with van der Waals surface area (Å²) in [7, 11) is 0. The van der Waals surface area contributed by atoms with Gasteiger partial charge in [-0.25, -0.2) is 9.18 Å². The van der Waals surface area contributed by atoms with Crippen LogP contribution in [0, 0.1) is 12.7 Å². The molecular weight excluding hydrogens is 203 g/mol. The van der Waals surface area contributed by atoms with Crippen molar-refractivity contribution >= 4 is 16.9 Å². The molecule has 0 amide bonds. The average Bonchev–Trinajstić information content (AvgIpc) is 2.51. The van der Waals surface area contributed by atoms with E-state index in [1.807, 2.05) is 0 Å². The van der Waals surface area contributed by atoms with E-state index in [1.54, 1.807) is 0 Å². The lowest BCUT2D eigenvalue weighted by molar-refractivity contribution is 0.0663. The van der Waals surface area contributed by atoms with Crippen LogP contribution in [-0.2, 0) is 0 Å². The topological polar surface area (TPSA) is 70.7 Å². The van der Waals surface area contributed by atoms with Crippen molar-refractivity contribution in [1.82, 2.24) is 0 Å². The number of phenolic OH excluding ortho intramolecular Hbond substituents is 1. The van der Waals surface area contributed by atoms with E-state index >= 15 is 0 Å². The van der Waals surface area contributed by atoms with Gasteiger partial charge in [-0.05, 0) is 19.1 Å². The van der Waals surface area contributed by atoms with Gasteiger partial charge in [-0.15, -0.1) is 0 Å². The molecule has 0 bridgehead atoms. The fourth-order valence-electron chi connectivity index (χ4n) is 1.51. The van der Waals surface area contributed by atoms with Crippen LogP contribution in [0.1, 0.15) is 16.1 Å². The number of furan rings is 1. The first kappa shape index (κ1) is 9.51. The number of benzene rings is 1. The van der Waals surface area contributed by atoms with Crippen molar-refractivity contribution in [3.63, 3.8) is 0 Å². The molecule has 0 aliphatic rings. The number of aromatic carboxylic acids is 1. The monoisotopic (exact) mass is 210 g/mol. The Kier molecular flexibility index (Phi) is 1.89. The van der Waals surface area contributed by atoms with Crippen molar-refractivity contribution in [2.24, 2.45) is 0 Å². The fraction of sp³-hybridized carbons (Fsp3) is 0.100. The number of fused-ring (bicyclic) bond motifs is 1. The van der Waals surface area contributed by atoms with Gasteiger partial charge in [0.1, 0.15) is 5.75 Å². The first-order valence-corrected chi connectivity index (χ1v) is 4.16. The van der Waals surface area contributed by atoms with Crippen molar-refractivity contribution in [1.29, 1.82) is 0 Å². The zero-order valence-corrected chi connectivity index (χ0v) is 7.74. The van der Waals surface area contributed by atoms with E-state index in [1.165, 1.54) is 6.92 Å². The van der Waals surface area contributed by atoms with E-state index < -0.39 is 11.8 Å². The Morgan fingerprint density at radius 1 is 1.47 bits per heavy atom. The minimum absolute atomic E-state index is 0.104. The van der Waals surface area contributed by atoms with Crippen molar-refractivity contribution in [3.05, 3.63) is 29.3 Å². The van der Waals surface area contributed by atoms with Crippen LogP contribution in [0.5, 0.6) is 5.75 Å². The van der Waals surface area contributed by atoms with E-state index in [2.05, 4.69) is 0 Å². The van der Waals surface area contributed by atoms with Gasteiger partial charge in [-0.3, -0.25) is 0 Å². The molecule has 0 fully saturated rings. The Morgan fingerprint density at radius 2 is 2.13 bits per heavy atom. The molecule has 1 aromatic heterocycles. The predicted molar refractivity (Wildman–Crippen MR) is 49.5 cm³/mol. The predicted octanol–water partition coefficient (Wildman–Crippen LogP) is 2.28. The van der Waals surface area contributed by atoms with Gasteiger partial charge in [0.25, 0.3) is 0 Å². The van der Waals surface area contributed by atoms with Gasteiger partial charge < -0.3 is 14.6 Å². The highest BCUT2D eigenvalue weighted by atomic mass is 19.1. The van der Waals surface area contributed by atoms with Crippen LogP contribution >= 0.6 is 0 Å². The maximum atomic E-state index is 13.2. The number of rotatable bonds is 1. The van der Waals surface area contributed by atoms with Crippen LogP contribution in [0.25, 0.3) is 11.0 Å². The summed E-state index contributed by atoms with van der Waals surface area (Å²) in [5, 5.41) is 18.3. The number of aryl methyl sites for hydroxylation is 1. The Bertz CT molecular complexity index is 556. The van der Waals surface area contributed by atoms with Crippen molar-refractivity contribution in [3.8, 4) is 5.75 Å². The molecule has 0 unspecified atom stereocenters. The zero-order valence-electron chi connectivity index (χ0n) is 7.74. The quantitative estimate of drug-likeness (QED) is 0.757. The molecule has 0 atom stereocenters. The molecule has 1 heterocycles. The highest BCUT2D eigenvalue weighted by Crippen LogP contribution is 2.33. The van der Waals surface area contributed by atoms with Crippen LogP contribution in [0.3, 0.4) is 0 Å². The van der Waals surface area contributed by atoms with Crippen molar-refractivity contribution < 1.29 is 23.8 Å². The molecular formula is C10H7FO4. The van der Waals surface area contributed by atoms with E-state index in [0.29, 0.717) is 0 Å². The Morgan fingerprint density at radius 3 is 2.67 bits per heavy atom. The van der Waals surface area contributed by atoms with Crippen molar-refractivity contribution in [2.75, 3.05) is 0 Å². The van der Waals surface area contributed by atoms with Crippen LogP contribution in [0.4, 0.5) is 4.39 Å². The second-order valence-corrected chi connectivity index (χ2v) is 3.13. The van der Waals surface area contributed by atoms with Crippen LogP contribution in [0.2, 0.25) is 0 Å². The van der Waals surface area contributed by atoms with E-state index in [-0.39, 0.29) is 28.0 Å². The van der Waals surface area contributed by atoms with Crippen molar-refractivity contribution in [2.45, 2.75) is 6.92 Å². The van der Waals surface area contributed by atoms with Gasteiger partial charge in [0.05, 0.1) is 5.39 Å². The second kappa shape index (κ2) is 2.98. The molecule has 0 saturated carbocycles. The molecule has 0 radical (unpaired) electrons. The summed E-state index contributed by atoms with van der Waals surface area (Å²) in [6.07, 6.45) is 0. The lowest BCUT2D eigenvalue weighted by atomic mass is 10.1. The molecule has 2 aromatic rings. The number of hydrogen-bond acceptors (Lipinski definition) is 3. The molecule has 78 valence electrons. The SMILES string of the molecule is Cc1c(C(=O)O)oc2c(F)ccc(O)c12. The van der Waals surface area contributed by atoms with E-state index in [4.69, 9.17) is 9.52 Å². The number of halogens is 1. The van der Waals surface area contributed by atoms with E-state index in [0.717, 1.165) is 12.1 Å². The molecule has 4 nitrogen and oxygen atoms in total. The van der Waals surface area contributed by atoms with Gasteiger partial charge in [0, 0.05) is 5.56 Å². The van der Waals surface area contributed by atoms with E-state index in [9.17, 15) is 14.3 Å².